The zero-order valence-electron chi connectivity index (χ0n) is 26.7. The van der Waals surface area contributed by atoms with Crippen LogP contribution in [0.25, 0.3) is 0 Å². The predicted octanol–water partition coefficient (Wildman–Crippen LogP) is 11.7. The Morgan fingerprint density at radius 1 is 0.550 bits per heavy atom. The topological polar surface area (TPSA) is 63.6 Å². The molecule has 0 saturated carbocycles. The lowest BCUT2D eigenvalue weighted by atomic mass is 10.0. The minimum Gasteiger partial charge on any atom is -0.481 e. The average Bonchev–Trinajstić information content (AvgIpc) is 2.93. The molecule has 4 nitrogen and oxygen atoms in total. The summed E-state index contributed by atoms with van der Waals surface area (Å²) in [4.78, 5) is 23.1. The second-order valence-corrected chi connectivity index (χ2v) is 11.7. The summed E-state index contributed by atoms with van der Waals surface area (Å²) < 4.78 is 5.89. The lowest BCUT2D eigenvalue weighted by molar-refractivity contribution is -0.150. The number of ether oxygens (including phenoxy) is 1. The molecule has 0 aromatic rings. The van der Waals surface area contributed by atoms with Crippen LogP contribution in [0.5, 0.6) is 0 Å². The number of carbonyl (C=O) groups is 2. The predicted molar refractivity (Wildman–Crippen MR) is 172 cm³/mol. The van der Waals surface area contributed by atoms with Crippen LogP contribution < -0.4 is 0 Å². The largest absolute Gasteiger partial charge is 0.481 e. The van der Waals surface area contributed by atoms with Crippen molar-refractivity contribution in [2.45, 2.75) is 193 Å². The number of allylic oxidation sites excluding steroid dienone is 4. The van der Waals surface area contributed by atoms with Crippen LogP contribution in [0.1, 0.15) is 187 Å². The van der Waals surface area contributed by atoms with Crippen molar-refractivity contribution in [2.75, 3.05) is 0 Å². The van der Waals surface area contributed by atoms with Gasteiger partial charge in [-0.15, -0.1) is 0 Å². The number of carboxylic acids is 1. The number of hydrogen-bond acceptors (Lipinski definition) is 3. The van der Waals surface area contributed by atoms with Gasteiger partial charge in [0.05, 0.1) is 0 Å². The van der Waals surface area contributed by atoms with Crippen molar-refractivity contribution in [3.8, 4) is 0 Å². The maximum absolute atomic E-state index is 12.5. The van der Waals surface area contributed by atoms with Gasteiger partial charge in [0, 0.05) is 12.8 Å². The quantitative estimate of drug-likeness (QED) is 0.0518. The van der Waals surface area contributed by atoms with E-state index in [0.717, 1.165) is 64.2 Å². The van der Waals surface area contributed by atoms with Gasteiger partial charge in [0.2, 0.25) is 0 Å². The summed E-state index contributed by atoms with van der Waals surface area (Å²) in [5.74, 6) is -0.739. The monoisotopic (exact) mass is 562 g/mol. The van der Waals surface area contributed by atoms with Crippen LogP contribution in [0.15, 0.2) is 24.3 Å². The van der Waals surface area contributed by atoms with Crippen LogP contribution in [0.4, 0.5) is 0 Å². The molecular formula is C36H66O4. The lowest BCUT2D eigenvalue weighted by Gasteiger charge is -2.18. The molecule has 0 amide bonds. The van der Waals surface area contributed by atoms with Crippen molar-refractivity contribution in [3.05, 3.63) is 24.3 Å². The number of carboxylic acid groups (broad SMARTS) is 1. The molecule has 1 atom stereocenters. The average molecular weight is 563 g/mol. The first-order valence-corrected chi connectivity index (χ1v) is 17.3. The molecule has 0 bridgehead atoms. The van der Waals surface area contributed by atoms with Crippen molar-refractivity contribution in [1.82, 2.24) is 0 Å². The van der Waals surface area contributed by atoms with Gasteiger partial charge in [0.1, 0.15) is 6.10 Å². The van der Waals surface area contributed by atoms with Crippen LogP contribution in [-0.2, 0) is 14.3 Å². The molecule has 4 heteroatoms. The maximum Gasteiger partial charge on any atom is 0.306 e. The van der Waals surface area contributed by atoms with Crippen molar-refractivity contribution in [2.24, 2.45) is 0 Å². The van der Waals surface area contributed by atoms with Crippen molar-refractivity contribution in [3.63, 3.8) is 0 Å². The Hall–Kier alpha value is -1.58. The normalized spacial score (nSPS) is 12.4. The Kier molecular flexibility index (Phi) is 30.7. The fraction of sp³-hybridized carbons (Fsp3) is 0.833. The van der Waals surface area contributed by atoms with E-state index in [2.05, 4.69) is 38.2 Å². The molecule has 1 N–H and O–H groups in total. The van der Waals surface area contributed by atoms with E-state index in [9.17, 15) is 9.59 Å². The number of carbonyl (C=O) groups excluding carboxylic acids is 1. The molecule has 0 aliphatic rings. The second-order valence-electron chi connectivity index (χ2n) is 11.7. The van der Waals surface area contributed by atoms with E-state index in [4.69, 9.17) is 9.84 Å². The number of esters is 1. The fourth-order valence-corrected chi connectivity index (χ4v) is 5.10. The Balaban J connectivity index is 3.81. The highest BCUT2D eigenvalue weighted by Crippen LogP contribution is 2.18. The maximum atomic E-state index is 12.5. The first kappa shape index (κ1) is 38.4. The van der Waals surface area contributed by atoms with Gasteiger partial charge in [-0.2, -0.15) is 0 Å². The highest BCUT2D eigenvalue weighted by atomic mass is 16.5. The molecule has 0 radical (unpaired) electrons. The summed E-state index contributed by atoms with van der Waals surface area (Å²) >= 11 is 0. The second kappa shape index (κ2) is 31.9. The van der Waals surface area contributed by atoms with Crippen molar-refractivity contribution < 1.29 is 19.4 Å². The molecule has 0 aliphatic heterocycles. The molecule has 1 unspecified atom stereocenters. The number of rotatable bonds is 31. The minimum atomic E-state index is -0.714. The van der Waals surface area contributed by atoms with Gasteiger partial charge in [-0.05, 0) is 70.6 Å². The Labute approximate surface area is 248 Å². The van der Waals surface area contributed by atoms with E-state index in [1.165, 1.54) is 96.3 Å². The van der Waals surface area contributed by atoms with Crippen LogP contribution >= 0.6 is 0 Å². The highest BCUT2D eigenvalue weighted by Gasteiger charge is 2.14. The van der Waals surface area contributed by atoms with E-state index in [1.807, 2.05) is 0 Å². The summed E-state index contributed by atoms with van der Waals surface area (Å²) in [6.45, 7) is 4.49. The third kappa shape index (κ3) is 31.0. The fourth-order valence-electron chi connectivity index (χ4n) is 5.10. The molecule has 0 aliphatic carbocycles. The third-order valence-corrected chi connectivity index (χ3v) is 7.68. The van der Waals surface area contributed by atoms with Gasteiger partial charge >= 0.3 is 11.9 Å². The minimum absolute atomic E-state index is 0.0254. The molecule has 0 rings (SSSR count). The van der Waals surface area contributed by atoms with Gasteiger partial charge in [-0.1, -0.05) is 128 Å². The van der Waals surface area contributed by atoms with Gasteiger partial charge in [-0.25, -0.2) is 0 Å². The third-order valence-electron chi connectivity index (χ3n) is 7.68. The van der Waals surface area contributed by atoms with Gasteiger partial charge in [0.15, 0.2) is 0 Å². The van der Waals surface area contributed by atoms with Gasteiger partial charge < -0.3 is 9.84 Å². The Morgan fingerprint density at radius 3 is 1.50 bits per heavy atom. The first-order valence-electron chi connectivity index (χ1n) is 17.3. The molecule has 0 spiro atoms. The van der Waals surface area contributed by atoms with Crippen LogP contribution in [0.3, 0.4) is 0 Å². The van der Waals surface area contributed by atoms with Gasteiger partial charge in [0.25, 0.3) is 0 Å². The van der Waals surface area contributed by atoms with E-state index in [1.54, 1.807) is 0 Å². The summed E-state index contributed by atoms with van der Waals surface area (Å²) in [5.41, 5.74) is 0. The standard InChI is InChI=1S/C36H66O4/c1-3-5-7-9-10-11-12-13-14-15-16-17-18-19-20-21-23-29-33-36(39)40-34(30-26-22-8-6-4-2)31-27-24-25-28-32-35(37)38/h11-12,14-15,34H,3-10,13,16-33H2,1-2H3,(H,37,38)/b12-11-,15-14-. The smallest absolute Gasteiger partial charge is 0.306 e. The van der Waals surface area contributed by atoms with E-state index in [-0.39, 0.29) is 18.5 Å². The lowest BCUT2D eigenvalue weighted by Crippen LogP contribution is -2.18. The Bertz CT molecular complexity index is 610. The summed E-state index contributed by atoms with van der Waals surface area (Å²) in [7, 11) is 0. The summed E-state index contributed by atoms with van der Waals surface area (Å²) in [6.07, 6.45) is 39.1. The molecule has 0 saturated heterocycles. The molecule has 0 heterocycles. The number of aliphatic carboxylic acids is 1. The van der Waals surface area contributed by atoms with Gasteiger partial charge in [-0.3, -0.25) is 9.59 Å². The first-order chi connectivity index (χ1) is 19.6. The molecular weight excluding hydrogens is 496 g/mol. The highest BCUT2D eigenvalue weighted by molar-refractivity contribution is 5.69. The zero-order chi connectivity index (χ0) is 29.4. The Morgan fingerprint density at radius 2 is 0.975 bits per heavy atom. The molecule has 0 aromatic heterocycles. The zero-order valence-corrected chi connectivity index (χ0v) is 26.7. The van der Waals surface area contributed by atoms with E-state index < -0.39 is 5.97 Å². The molecule has 40 heavy (non-hydrogen) atoms. The van der Waals surface area contributed by atoms with Crippen LogP contribution in [-0.4, -0.2) is 23.1 Å². The molecule has 234 valence electrons. The SMILES string of the molecule is CCCCCC/C=C\C/C=C\CCCCCCCCCC(=O)OC(CCCCCCC)CCCCCCC(=O)O. The van der Waals surface area contributed by atoms with E-state index >= 15 is 0 Å². The van der Waals surface area contributed by atoms with Crippen molar-refractivity contribution >= 4 is 11.9 Å². The summed E-state index contributed by atoms with van der Waals surface area (Å²) in [6, 6.07) is 0. The van der Waals surface area contributed by atoms with Crippen LogP contribution in [0.2, 0.25) is 0 Å². The van der Waals surface area contributed by atoms with Crippen LogP contribution in [0, 0.1) is 0 Å². The van der Waals surface area contributed by atoms with E-state index in [0.29, 0.717) is 6.42 Å². The molecule has 0 fully saturated rings. The number of unbranched alkanes of at least 4 members (excludes halogenated alkanes) is 18. The molecule has 0 aromatic carbocycles. The van der Waals surface area contributed by atoms with Crippen molar-refractivity contribution in [1.29, 1.82) is 0 Å². The number of hydrogen-bond donors (Lipinski definition) is 1. The summed E-state index contributed by atoms with van der Waals surface area (Å²) in [5, 5.41) is 8.77.